The smallest absolute Gasteiger partial charge is 0.128 e. The number of aliphatic hydroxyl groups is 1. The Morgan fingerprint density at radius 1 is 1.44 bits per heavy atom. The van der Waals surface area contributed by atoms with Crippen molar-refractivity contribution in [2.75, 3.05) is 0 Å². The largest absolute Gasteiger partial charge is 0.388 e. The second-order valence-electron chi connectivity index (χ2n) is 4.00. The molecule has 2 heterocycles. The van der Waals surface area contributed by atoms with Gasteiger partial charge in [-0.15, -0.1) is 0 Å². The summed E-state index contributed by atoms with van der Waals surface area (Å²) >= 11 is 0. The van der Waals surface area contributed by atoms with Gasteiger partial charge in [0.05, 0.1) is 12.6 Å². The van der Waals surface area contributed by atoms with E-state index < -0.39 is 0 Å². The molecule has 0 radical (unpaired) electrons. The van der Waals surface area contributed by atoms with Crippen LogP contribution in [-0.2, 0) is 13.6 Å². The molecule has 0 bridgehead atoms. The van der Waals surface area contributed by atoms with Crippen LogP contribution in [-0.4, -0.2) is 19.2 Å². The van der Waals surface area contributed by atoms with Crippen LogP contribution < -0.4 is 0 Å². The Morgan fingerprint density at radius 2 is 2.25 bits per heavy atom. The highest BCUT2D eigenvalue weighted by Gasteiger charge is 2.07. The molecule has 0 amide bonds. The number of aliphatic hydroxyl groups excluding tert-OH is 1. The summed E-state index contributed by atoms with van der Waals surface area (Å²) < 4.78 is 4.03. The van der Waals surface area contributed by atoms with Crippen LogP contribution in [0, 0.1) is 0 Å². The summed E-state index contributed by atoms with van der Waals surface area (Å²) in [6.45, 7) is 2.71. The van der Waals surface area contributed by atoms with Crippen molar-refractivity contribution < 1.29 is 5.11 Å². The van der Waals surface area contributed by atoms with E-state index in [4.69, 9.17) is 0 Å². The minimum atomic E-state index is -0.359. The molecule has 0 aromatic carbocycles. The number of hydrogen-bond donors (Lipinski definition) is 1. The summed E-state index contributed by atoms with van der Waals surface area (Å²) in [5.41, 5.74) is 0.969. The molecule has 2 rings (SSSR count). The molecule has 16 heavy (non-hydrogen) atoms. The Bertz CT molecular complexity index is 458. The van der Waals surface area contributed by atoms with Gasteiger partial charge in [-0.1, -0.05) is 6.92 Å². The Hall–Kier alpha value is -1.55. The van der Waals surface area contributed by atoms with Crippen molar-refractivity contribution in [2.45, 2.75) is 26.0 Å². The predicted molar refractivity (Wildman–Crippen MR) is 62.0 cm³/mol. The van der Waals surface area contributed by atoms with Gasteiger partial charge in [0.2, 0.25) is 0 Å². The zero-order valence-corrected chi connectivity index (χ0v) is 9.67. The summed E-state index contributed by atoms with van der Waals surface area (Å²) in [5, 5.41) is 9.69. The first-order valence-corrected chi connectivity index (χ1v) is 5.50. The molecule has 2 aromatic heterocycles. The Kier molecular flexibility index (Phi) is 3.10. The predicted octanol–water partition coefficient (Wildman–Crippen LogP) is 1.71. The van der Waals surface area contributed by atoms with Gasteiger partial charge >= 0.3 is 0 Å². The lowest BCUT2D eigenvalue weighted by atomic mass is 10.1. The summed E-state index contributed by atoms with van der Waals surface area (Å²) in [7, 11) is 1.98. The fourth-order valence-corrected chi connectivity index (χ4v) is 1.70. The van der Waals surface area contributed by atoms with E-state index in [0.717, 1.165) is 24.4 Å². The first-order chi connectivity index (χ1) is 7.70. The van der Waals surface area contributed by atoms with Crippen molar-refractivity contribution in [1.29, 1.82) is 0 Å². The fraction of sp³-hybridized carbons (Fsp3) is 0.417. The molecule has 0 saturated carbocycles. The van der Waals surface area contributed by atoms with Crippen molar-refractivity contribution in [3.63, 3.8) is 0 Å². The molecular formula is C12H17N3O. The lowest BCUT2D eigenvalue weighted by Gasteiger charge is -2.05. The molecule has 0 aliphatic carbocycles. The molecule has 1 unspecified atom stereocenters. The number of aromatic nitrogens is 3. The molecule has 0 saturated heterocycles. The quantitative estimate of drug-likeness (QED) is 0.850. The molecule has 4 heteroatoms. The number of hydrogen-bond acceptors (Lipinski definition) is 2. The van der Waals surface area contributed by atoms with E-state index in [-0.39, 0.29) is 6.10 Å². The SMILES string of the molecule is CCC(O)c1ccn(Cc2nccn2C)c1. The summed E-state index contributed by atoms with van der Waals surface area (Å²) in [4.78, 5) is 4.26. The van der Waals surface area contributed by atoms with Crippen molar-refractivity contribution in [2.24, 2.45) is 7.05 Å². The Morgan fingerprint density at radius 3 is 2.88 bits per heavy atom. The Balaban J connectivity index is 2.11. The zero-order valence-electron chi connectivity index (χ0n) is 9.67. The van der Waals surface area contributed by atoms with Crippen molar-refractivity contribution in [3.05, 3.63) is 42.2 Å². The molecule has 1 atom stereocenters. The van der Waals surface area contributed by atoms with Crippen LogP contribution in [0.25, 0.3) is 0 Å². The van der Waals surface area contributed by atoms with Crippen molar-refractivity contribution in [1.82, 2.24) is 14.1 Å². The monoisotopic (exact) mass is 219 g/mol. The van der Waals surface area contributed by atoms with Crippen LogP contribution in [0.1, 0.15) is 30.8 Å². The summed E-state index contributed by atoms with van der Waals surface area (Å²) in [6, 6.07) is 1.96. The van der Waals surface area contributed by atoms with E-state index in [1.165, 1.54) is 0 Å². The molecule has 0 aliphatic rings. The fourth-order valence-electron chi connectivity index (χ4n) is 1.70. The lowest BCUT2D eigenvalue weighted by molar-refractivity contribution is 0.173. The van der Waals surface area contributed by atoms with Crippen LogP contribution in [0.5, 0.6) is 0 Å². The van der Waals surface area contributed by atoms with Crippen LogP contribution >= 0.6 is 0 Å². The van der Waals surface area contributed by atoms with Gasteiger partial charge in [0.25, 0.3) is 0 Å². The van der Waals surface area contributed by atoms with Gasteiger partial charge in [-0.25, -0.2) is 4.98 Å². The van der Waals surface area contributed by atoms with E-state index >= 15 is 0 Å². The normalized spacial score (nSPS) is 12.9. The van der Waals surface area contributed by atoms with Gasteiger partial charge in [0, 0.05) is 31.8 Å². The third-order valence-corrected chi connectivity index (χ3v) is 2.79. The van der Waals surface area contributed by atoms with Gasteiger partial charge in [0.1, 0.15) is 5.82 Å². The van der Waals surface area contributed by atoms with Gasteiger partial charge in [-0.2, -0.15) is 0 Å². The highest BCUT2D eigenvalue weighted by molar-refractivity contribution is 5.14. The van der Waals surface area contributed by atoms with Crippen LogP contribution in [0.15, 0.2) is 30.9 Å². The third-order valence-electron chi connectivity index (χ3n) is 2.79. The molecular weight excluding hydrogens is 202 g/mol. The second-order valence-corrected chi connectivity index (χ2v) is 4.00. The van der Waals surface area contributed by atoms with Crippen LogP contribution in [0.2, 0.25) is 0 Å². The first kappa shape index (κ1) is 11.0. The minimum Gasteiger partial charge on any atom is -0.388 e. The molecule has 86 valence electrons. The molecule has 1 N–H and O–H groups in total. The van der Waals surface area contributed by atoms with E-state index in [2.05, 4.69) is 4.98 Å². The molecule has 4 nitrogen and oxygen atoms in total. The molecule has 0 spiro atoms. The van der Waals surface area contributed by atoms with E-state index in [1.54, 1.807) is 6.20 Å². The molecule has 0 fully saturated rings. The number of imidazole rings is 1. The van der Waals surface area contributed by atoms with Gasteiger partial charge < -0.3 is 14.2 Å². The first-order valence-electron chi connectivity index (χ1n) is 5.50. The van der Waals surface area contributed by atoms with Crippen molar-refractivity contribution in [3.8, 4) is 0 Å². The van der Waals surface area contributed by atoms with E-state index in [1.807, 2.05) is 47.8 Å². The van der Waals surface area contributed by atoms with Crippen LogP contribution in [0.4, 0.5) is 0 Å². The van der Waals surface area contributed by atoms with Crippen molar-refractivity contribution >= 4 is 0 Å². The maximum atomic E-state index is 9.69. The topological polar surface area (TPSA) is 43.0 Å². The van der Waals surface area contributed by atoms with Crippen LogP contribution in [0.3, 0.4) is 0 Å². The second kappa shape index (κ2) is 4.53. The van der Waals surface area contributed by atoms with Gasteiger partial charge in [0.15, 0.2) is 0 Å². The average molecular weight is 219 g/mol. The molecule has 0 aliphatic heterocycles. The van der Waals surface area contributed by atoms with E-state index in [0.29, 0.717) is 0 Å². The average Bonchev–Trinajstić information content (AvgIpc) is 2.89. The number of aryl methyl sites for hydroxylation is 1. The maximum Gasteiger partial charge on any atom is 0.128 e. The summed E-state index contributed by atoms with van der Waals surface area (Å²) in [6.07, 6.45) is 8.06. The maximum absolute atomic E-state index is 9.69. The third kappa shape index (κ3) is 2.17. The number of rotatable bonds is 4. The minimum absolute atomic E-state index is 0.359. The highest BCUT2D eigenvalue weighted by atomic mass is 16.3. The zero-order chi connectivity index (χ0) is 11.5. The van der Waals surface area contributed by atoms with Gasteiger partial charge in [-0.05, 0) is 18.1 Å². The molecule has 2 aromatic rings. The standard InChI is InChI=1S/C12H17N3O/c1-3-11(16)10-4-6-15(8-10)9-12-13-5-7-14(12)2/h4-8,11,16H,3,9H2,1-2H3. The Labute approximate surface area is 95.2 Å². The van der Waals surface area contributed by atoms with Gasteiger partial charge in [-0.3, -0.25) is 0 Å². The van der Waals surface area contributed by atoms with E-state index in [9.17, 15) is 5.11 Å². The number of nitrogens with zero attached hydrogens (tertiary/aromatic N) is 3. The summed E-state index contributed by atoms with van der Waals surface area (Å²) in [5.74, 6) is 1.01. The lowest BCUT2D eigenvalue weighted by Crippen LogP contribution is -2.04. The highest BCUT2D eigenvalue weighted by Crippen LogP contribution is 2.16.